The number of thioether (sulfide) groups is 1. The number of nitrogens with one attached hydrogen (secondary N) is 2. The van der Waals surface area contributed by atoms with E-state index in [0.29, 0.717) is 0 Å². The fourth-order valence-corrected chi connectivity index (χ4v) is 2.79. The van der Waals surface area contributed by atoms with Gasteiger partial charge in [0, 0.05) is 11.1 Å². The van der Waals surface area contributed by atoms with Gasteiger partial charge in [0.05, 0.1) is 15.7 Å². The predicted molar refractivity (Wildman–Crippen MR) is 79.8 cm³/mol. The Labute approximate surface area is 141 Å². The molecular formula is C11H5Cl2F3N6S. The van der Waals surface area contributed by atoms with E-state index in [0.717, 1.165) is 12.1 Å². The Balaban J connectivity index is 2.26. The Morgan fingerprint density at radius 2 is 2.00 bits per heavy atom. The molecule has 0 saturated carbocycles. The van der Waals surface area contributed by atoms with Crippen LogP contribution >= 0.6 is 35.0 Å². The van der Waals surface area contributed by atoms with Gasteiger partial charge in [-0.1, -0.05) is 23.2 Å². The number of nitriles is 1. The molecule has 0 bridgehead atoms. The van der Waals surface area contributed by atoms with Gasteiger partial charge >= 0.3 is 5.51 Å². The number of rotatable bonds is 4. The standard InChI is InChI=1S/C11H5Cl2F3N6S/c12-7-1-6(23-11(14,15)16)2-8(13)9(7)18-4-5(3-17)10-19-21-22-20-10/h1-2,4,18H,(H,19,20,21,22). The van der Waals surface area contributed by atoms with Crippen LogP contribution in [0.3, 0.4) is 0 Å². The van der Waals surface area contributed by atoms with Crippen LogP contribution in [0.15, 0.2) is 23.2 Å². The minimum atomic E-state index is -4.45. The molecule has 0 fully saturated rings. The molecule has 0 saturated heterocycles. The van der Waals surface area contributed by atoms with Gasteiger partial charge in [-0.15, -0.1) is 10.2 Å². The number of alkyl halides is 3. The van der Waals surface area contributed by atoms with Gasteiger partial charge in [0.25, 0.3) is 0 Å². The molecule has 2 N–H and O–H groups in total. The molecule has 0 aliphatic rings. The molecule has 1 aromatic carbocycles. The second kappa shape index (κ2) is 7.08. The molecule has 0 amide bonds. The van der Waals surface area contributed by atoms with Gasteiger partial charge in [-0.05, 0) is 29.1 Å². The van der Waals surface area contributed by atoms with Gasteiger partial charge in [-0.3, -0.25) is 0 Å². The lowest BCUT2D eigenvalue weighted by molar-refractivity contribution is -0.0328. The molecule has 2 aromatic rings. The average molecular weight is 381 g/mol. The van der Waals surface area contributed by atoms with Gasteiger partial charge < -0.3 is 5.32 Å². The second-order valence-electron chi connectivity index (χ2n) is 3.86. The van der Waals surface area contributed by atoms with E-state index in [1.54, 1.807) is 0 Å². The van der Waals surface area contributed by atoms with Gasteiger partial charge in [0.2, 0.25) is 5.82 Å². The van der Waals surface area contributed by atoms with Crippen LogP contribution in [-0.4, -0.2) is 26.1 Å². The monoisotopic (exact) mass is 380 g/mol. The molecule has 1 heterocycles. The number of allylic oxidation sites excluding steroid dienone is 1. The Morgan fingerprint density at radius 3 is 2.48 bits per heavy atom. The highest BCUT2D eigenvalue weighted by Crippen LogP contribution is 2.41. The largest absolute Gasteiger partial charge is 0.446 e. The number of tetrazole rings is 1. The summed E-state index contributed by atoms with van der Waals surface area (Å²) < 4.78 is 37.1. The Morgan fingerprint density at radius 1 is 1.35 bits per heavy atom. The number of hydrogen-bond acceptors (Lipinski definition) is 6. The first-order valence-corrected chi connectivity index (χ1v) is 7.23. The maximum Gasteiger partial charge on any atom is 0.446 e. The minimum absolute atomic E-state index is 0.0274. The van der Waals surface area contributed by atoms with Crippen molar-refractivity contribution in [3.05, 3.63) is 34.2 Å². The van der Waals surface area contributed by atoms with E-state index in [2.05, 4.69) is 25.9 Å². The summed E-state index contributed by atoms with van der Waals surface area (Å²) >= 11 is 11.5. The second-order valence-corrected chi connectivity index (χ2v) is 5.81. The van der Waals surface area contributed by atoms with Crippen molar-refractivity contribution < 1.29 is 13.2 Å². The van der Waals surface area contributed by atoms with E-state index in [4.69, 9.17) is 28.5 Å². The van der Waals surface area contributed by atoms with Crippen molar-refractivity contribution in [2.24, 2.45) is 0 Å². The fraction of sp³-hybridized carbons (Fsp3) is 0.0909. The smallest absolute Gasteiger partial charge is 0.358 e. The molecule has 23 heavy (non-hydrogen) atoms. The Kier molecular flexibility index (Phi) is 5.35. The fourth-order valence-electron chi connectivity index (χ4n) is 1.45. The summed E-state index contributed by atoms with van der Waals surface area (Å²) in [5, 5.41) is 24.3. The van der Waals surface area contributed by atoms with Crippen LogP contribution in [0, 0.1) is 11.3 Å². The van der Waals surface area contributed by atoms with Crippen molar-refractivity contribution >= 4 is 46.2 Å². The molecule has 0 unspecified atom stereocenters. The minimum Gasteiger partial charge on any atom is -0.358 e. The first kappa shape index (κ1) is 17.4. The highest BCUT2D eigenvalue weighted by molar-refractivity contribution is 8.00. The van der Waals surface area contributed by atoms with Crippen molar-refractivity contribution in [1.82, 2.24) is 20.6 Å². The SMILES string of the molecule is N#CC(=CNc1c(Cl)cc(SC(F)(F)F)cc1Cl)c1nn[nH]n1. The van der Waals surface area contributed by atoms with Crippen LogP contribution in [0.5, 0.6) is 0 Å². The number of hydrogen-bond donors (Lipinski definition) is 2. The molecule has 120 valence electrons. The van der Waals surface area contributed by atoms with Crippen molar-refractivity contribution in [2.75, 3.05) is 5.32 Å². The third kappa shape index (κ3) is 4.75. The zero-order valence-corrected chi connectivity index (χ0v) is 13.1. The van der Waals surface area contributed by atoms with Crippen LogP contribution in [0.2, 0.25) is 10.0 Å². The average Bonchev–Trinajstić information content (AvgIpc) is 2.94. The van der Waals surface area contributed by atoms with Crippen molar-refractivity contribution in [2.45, 2.75) is 10.4 Å². The van der Waals surface area contributed by atoms with Crippen LogP contribution < -0.4 is 5.32 Å². The lowest BCUT2D eigenvalue weighted by Crippen LogP contribution is -2.00. The van der Waals surface area contributed by atoms with E-state index in [1.165, 1.54) is 6.20 Å². The number of aromatic nitrogens is 4. The lowest BCUT2D eigenvalue weighted by Gasteiger charge is -2.11. The number of aromatic amines is 1. The summed E-state index contributed by atoms with van der Waals surface area (Å²) in [4.78, 5) is -0.152. The summed E-state index contributed by atoms with van der Waals surface area (Å²) in [5.74, 6) is 0.0384. The van der Waals surface area contributed by atoms with Crippen molar-refractivity contribution in [1.29, 1.82) is 5.26 Å². The highest BCUT2D eigenvalue weighted by Gasteiger charge is 2.29. The summed E-state index contributed by atoms with van der Waals surface area (Å²) in [6.07, 6.45) is 1.22. The molecule has 2 rings (SSSR count). The molecule has 1 aromatic heterocycles. The van der Waals surface area contributed by atoms with Gasteiger partial charge in [-0.25, -0.2) is 0 Å². The predicted octanol–water partition coefficient (Wildman–Crippen LogP) is 4.09. The number of benzene rings is 1. The zero-order valence-electron chi connectivity index (χ0n) is 10.8. The van der Waals surface area contributed by atoms with E-state index >= 15 is 0 Å². The number of nitrogens with zero attached hydrogens (tertiary/aromatic N) is 4. The van der Waals surface area contributed by atoms with Crippen LogP contribution in [0.25, 0.3) is 5.57 Å². The van der Waals surface area contributed by atoms with Crippen molar-refractivity contribution in [3.63, 3.8) is 0 Å². The molecule has 0 radical (unpaired) electrons. The first-order valence-electron chi connectivity index (χ1n) is 5.65. The topological polar surface area (TPSA) is 90.3 Å². The number of halogens is 5. The first-order chi connectivity index (χ1) is 10.8. The van der Waals surface area contributed by atoms with Crippen LogP contribution in [-0.2, 0) is 0 Å². The van der Waals surface area contributed by atoms with Gasteiger partial charge in [0.15, 0.2) is 0 Å². The number of H-pyrrole nitrogens is 1. The van der Waals surface area contributed by atoms with Gasteiger partial charge in [-0.2, -0.15) is 23.6 Å². The zero-order chi connectivity index (χ0) is 17.0. The molecule has 0 spiro atoms. The molecule has 6 nitrogen and oxygen atoms in total. The highest BCUT2D eigenvalue weighted by atomic mass is 35.5. The molecular weight excluding hydrogens is 376 g/mol. The molecule has 12 heteroatoms. The summed E-state index contributed by atoms with van der Waals surface area (Å²) in [5.41, 5.74) is -4.27. The lowest BCUT2D eigenvalue weighted by atomic mass is 10.3. The van der Waals surface area contributed by atoms with E-state index in [-0.39, 0.29) is 43.8 Å². The quantitative estimate of drug-likeness (QED) is 0.612. The maximum atomic E-state index is 12.4. The number of anilines is 1. The third-order valence-corrected chi connectivity index (χ3v) is 3.62. The van der Waals surface area contributed by atoms with Gasteiger partial charge in [0.1, 0.15) is 11.6 Å². The Bertz CT molecular complexity index is 746. The van der Waals surface area contributed by atoms with Crippen LogP contribution in [0.4, 0.5) is 18.9 Å². The molecule has 0 aliphatic carbocycles. The summed E-state index contributed by atoms with van der Waals surface area (Å²) in [6, 6.07) is 4.06. The molecule has 0 atom stereocenters. The Hall–Kier alpha value is -1.96. The van der Waals surface area contributed by atoms with E-state index in [9.17, 15) is 13.2 Å². The van der Waals surface area contributed by atoms with E-state index < -0.39 is 5.51 Å². The summed E-state index contributed by atoms with van der Waals surface area (Å²) in [7, 11) is 0. The molecule has 0 aliphatic heterocycles. The third-order valence-electron chi connectivity index (χ3n) is 2.32. The summed E-state index contributed by atoms with van der Waals surface area (Å²) in [6.45, 7) is 0. The van der Waals surface area contributed by atoms with Crippen LogP contribution in [0.1, 0.15) is 5.82 Å². The maximum absolute atomic E-state index is 12.4. The normalized spacial score (nSPS) is 12.1. The van der Waals surface area contributed by atoms with E-state index in [1.807, 2.05) is 6.07 Å². The van der Waals surface area contributed by atoms with Crippen molar-refractivity contribution in [3.8, 4) is 6.07 Å².